The van der Waals surface area contributed by atoms with Crippen molar-refractivity contribution >= 4 is 32.5 Å². The van der Waals surface area contributed by atoms with E-state index in [1.54, 1.807) is 12.1 Å². The van der Waals surface area contributed by atoms with Crippen LogP contribution < -0.4 is 16.0 Å². The van der Waals surface area contributed by atoms with Gasteiger partial charge in [0.25, 0.3) is 5.56 Å². The van der Waals surface area contributed by atoms with Gasteiger partial charge < -0.3 is 15.5 Å². The van der Waals surface area contributed by atoms with Gasteiger partial charge in [0, 0.05) is 12.1 Å². The molecule has 0 radical (unpaired) electrons. The fourth-order valence-corrected chi connectivity index (χ4v) is 2.12. The number of hydrogen-bond acceptors (Lipinski definition) is 4. The number of fused-ring (bicyclic) bond motifs is 1. The average molecular weight is 350 g/mol. The molecule has 0 bridgehead atoms. The Morgan fingerprint density at radius 3 is 2.86 bits per heavy atom. The molecule has 2 aromatic carbocycles. The van der Waals surface area contributed by atoms with E-state index in [4.69, 9.17) is 10.5 Å². The van der Waals surface area contributed by atoms with E-state index in [1.165, 1.54) is 24.5 Å². The van der Waals surface area contributed by atoms with Gasteiger partial charge in [-0.25, -0.2) is 9.37 Å². The maximum absolute atomic E-state index is 13.5. The average Bonchev–Trinajstić information content (AvgIpc) is 2.45. The third-order valence-electron chi connectivity index (χ3n) is 2.89. The number of aromatic nitrogens is 2. The van der Waals surface area contributed by atoms with Gasteiger partial charge >= 0.3 is 0 Å². The lowest BCUT2D eigenvalue weighted by Gasteiger charge is -2.09. The van der Waals surface area contributed by atoms with E-state index in [1.807, 2.05) is 0 Å². The van der Waals surface area contributed by atoms with Crippen molar-refractivity contribution in [3.63, 3.8) is 0 Å². The number of nitrogens with two attached hydrogens (primary N) is 1. The first-order valence-corrected chi connectivity index (χ1v) is 6.74. The molecule has 106 valence electrons. The van der Waals surface area contributed by atoms with Crippen molar-refractivity contribution in [2.75, 3.05) is 5.73 Å². The molecule has 0 aliphatic carbocycles. The van der Waals surface area contributed by atoms with Gasteiger partial charge in [-0.3, -0.25) is 4.79 Å². The first-order valence-electron chi connectivity index (χ1n) is 5.94. The van der Waals surface area contributed by atoms with Gasteiger partial charge in [-0.15, -0.1) is 0 Å². The number of nitrogens with one attached hydrogen (secondary N) is 1. The van der Waals surface area contributed by atoms with Crippen molar-refractivity contribution < 1.29 is 9.13 Å². The fraction of sp³-hybridized carbons (Fsp3) is 0. The maximum atomic E-state index is 13.5. The summed E-state index contributed by atoms with van der Waals surface area (Å²) in [5.74, 6) is 0.162. The molecule has 3 N–H and O–H groups in total. The molecule has 0 aliphatic rings. The predicted octanol–water partition coefficient (Wildman–Crippen LogP) is 3.20. The topological polar surface area (TPSA) is 81.0 Å². The fourth-order valence-electron chi connectivity index (χ4n) is 1.87. The van der Waals surface area contributed by atoms with E-state index in [0.29, 0.717) is 26.9 Å². The number of H-pyrrole nitrogens is 1. The van der Waals surface area contributed by atoms with E-state index < -0.39 is 5.82 Å². The number of hydrogen-bond donors (Lipinski definition) is 2. The molecule has 0 unspecified atom stereocenters. The Balaban J connectivity index is 2.06. The first-order chi connectivity index (χ1) is 10.0. The molecule has 0 amide bonds. The van der Waals surface area contributed by atoms with Crippen LogP contribution in [0.3, 0.4) is 0 Å². The number of ether oxygens (including phenoxy) is 1. The lowest BCUT2D eigenvalue weighted by atomic mass is 10.2. The standard InChI is InChI=1S/C14H9BrFN3O2/c15-9-2-1-7(3-10(9)16)21-13-5-12-8(4-11(13)17)14(20)19-6-18-12/h1-6H,17H2,(H,18,19,20). The normalized spacial score (nSPS) is 10.8. The second-order valence-corrected chi connectivity index (χ2v) is 5.17. The highest BCUT2D eigenvalue weighted by atomic mass is 79.9. The molecule has 5 nitrogen and oxygen atoms in total. The van der Waals surface area contributed by atoms with Gasteiger partial charge in [0.1, 0.15) is 11.6 Å². The van der Waals surface area contributed by atoms with Crippen LogP contribution in [0.4, 0.5) is 10.1 Å². The quantitative estimate of drug-likeness (QED) is 0.696. The summed E-state index contributed by atoms with van der Waals surface area (Å²) in [6, 6.07) is 7.39. The largest absolute Gasteiger partial charge is 0.455 e. The summed E-state index contributed by atoms with van der Waals surface area (Å²) in [7, 11) is 0. The minimum atomic E-state index is -0.443. The molecule has 0 fully saturated rings. The van der Waals surface area contributed by atoms with Crippen molar-refractivity contribution in [3.05, 3.63) is 57.3 Å². The summed E-state index contributed by atoms with van der Waals surface area (Å²) < 4.78 is 19.4. The number of nitrogens with zero attached hydrogens (tertiary/aromatic N) is 1. The van der Waals surface area contributed by atoms with Gasteiger partial charge in [0.15, 0.2) is 5.75 Å². The Kier molecular flexibility index (Phi) is 3.34. The first kappa shape index (κ1) is 13.6. The molecule has 0 atom stereocenters. The highest BCUT2D eigenvalue weighted by molar-refractivity contribution is 9.10. The van der Waals surface area contributed by atoms with Crippen molar-refractivity contribution in [1.29, 1.82) is 0 Å². The van der Waals surface area contributed by atoms with Crippen molar-refractivity contribution in [3.8, 4) is 11.5 Å². The molecule has 0 saturated carbocycles. The van der Waals surface area contributed by atoms with E-state index in [2.05, 4.69) is 25.9 Å². The zero-order valence-electron chi connectivity index (χ0n) is 10.6. The van der Waals surface area contributed by atoms with Crippen LogP contribution in [0.2, 0.25) is 0 Å². The number of halogens is 2. The van der Waals surface area contributed by atoms with Crippen LogP contribution in [0.1, 0.15) is 0 Å². The summed E-state index contributed by atoms with van der Waals surface area (Å²) in [6.07, 6.45) is 1.30. The number of aromatic amines is 1. The Labute approximate surface area is 126 Å². The van der Waals surface area contributed by atoms with Crippen LogP contribution in [0.25, 0.3) is 10.9 Å². The van der Waals surface area contributed by atoms with Crippen LogP contribution in [0.5, 0.6) is 11.5 Å². The molecular weight excluding hydrogens is 341 g/mol. The Morgan fingerprint density at radius 2 is 2.10 bits per heavy atom. The molecule has 3 rings (SSSR count). The Hall–Kier alpha value is -2.41. The second-order valence-electron chi connectivity index (χ2n) is 4.32. The Morgan fingerprint density at radius 1 is 1.29 bits per heavy atom. The minimum Gasteiger partial charge on any atom is -0.455 e. The van der Waals surface area contributed by atoms with E-state index in [0.717, 1.165) is 0 Å². The molecule has 3 aromatic rings. The van der Waals surface area contributed by atoms with E-state index in [-0.39, 0.29) is 11.2 Å². The maximum Gasteiger partial charge on any atom is 0.258 e. The molecule has 0 saturated heterocycles. The van der Waals surface area contributed by atoms with Crippen LogP contribution >= 0.6 is 15.9 Å². The molecule has 7 heteroatoms. The molecule has 1 heterocycles. The molecule has 1 aromatic heterocycles. The van der Waals surface area contributed by atoms with Crippen LogP contribution in [0, 0.1) is 5.82 Å². The summed E-state index contributed by atoms with van der Waals surface area (Å²) in [4.78, 5) is 18.1. The number of nitrogen functional groups attached to an aromatic ring is 1. The molecule has 21 heavy (non-hydrogen) atoms. The SMILES string of the molecule is Nc1cc2c(=O)[nH]cnc2cc1Oc1ccc(Br)c(F)c1. The van der Waals surface area contributed by atoms with Gasteiger partial charge in [-0.05, 0) is 34.1 Å². The zero-order valence-corrected chi connectivity index (χ0v) is 12.1. The lowest BCUT2D eigenvalue weighted by molar-refractivity contribution is 0.479. The van der Waals surface area contributed by atoms with Crippen molar-refractivity contribution in [2.24, 2.45) is 0 Å². The van der Waals surface area contributed by atoms with Crippen LogP contribution in [0.15, 0.2) is 45.9 Å². The van der Waals surface area contributed by atoms with Gasteiger partial charge in [0.05, 0.1) is 27.4 Å². The number of rotatable bonds is 2. The van der Waals surface area contributed by atoms with E-state index >= 15 is 0 Å². The minimum absolute atomic E-state index is 0.268. The van der Waals surface area contributed by atoms with Gasteiger partial charge in [0.2, 0.25) is 0 Å². The van der Waals surface area contributed by atoms with Crippen LogP contribution in [-0.2, 0) is 0 Å². The summed E-state index contributed by atoms with van der Waals surface area (Å²) in [6.45, 7) is 0. The monoisotopic (exact) mass is 349 g/mol. The second kappa shape index (κ2) is 5.17. The third kappa shape index (κ3) is 2.59. The molecular formula is C14H9BrFN3O2. The lowest BCUT2D eigenvalue weighted by Crippen LogP contribution is -2.07. The van der Waals surface area contributed by atoms with Crippen molar-refractivity contribution in [2.45, 2.75) is 0 Å². The van der Waals surface area contributed by atoms with Crippen LogP contribution in [-0.4, -0.2) is 9.97 Å². The van der Waals surface area contributed by atoms with E-state index in [9.17, 15) is 9.18 Å². The zero-order chi connectivity index (χ0) is 15.0. The highest BCUT2D eigenvalue weighted by Crippen LogP contribution is 2.31. The molecule has 0 aliphatic heterocycles. The van der Waals surface area contributed by atoms with Crippen molar-refractivity contribution in [1.82, 2.24) is 9.97 Å². The number of anilines is 1. The van der Waals surface area contributed by atoms with Gasteiger partial charge in [-0.1, -0.05) is 0 Å². The predicted molar refractivity (Wildman–Crippen MR) is 81.0 cm³/mol. The number of benzene rings is 2. The molecule has 0 spiro atoms. The summed E-state index contributed by atoms with van der Waals surface area (Å²) in [5.41, 5.74) is 6.29. The highest BCUT2D eigenvalue weighted by Gasteiger charge is 2.09. The smallest absolute Gasteiger partial charge is 0.258 e. The third-order valence-corrected chi connectivity index (χ3v) is 3.53. The summed E-state index contributed by atoms with van der Waals surface area (Å²) >= 11 is 3.07. The Bertz CT molecular complexity index is 895. The van der Waals surface area contributed by atoms with Gasteiger partial charge in [-0.2, -0.15) is 0 Å². The summed E-state index contributed by atoms with van der Waals surface area (Å²) in [5, 5.41) is 0.365.